The molecule has 0 bridgehead atoms. The van der Waals surface area contributed by atoms with E-state index >= 15 is 0 Å². The van der Waals surface area contributed by atoms with Crippen molar-refractivity contribution in [2.45, 2.75) is 4.34 Å². The number of rotatable bonds is 9. The van der Waals surface area contributed by atoms with Crippen LogP contribution in [0.2, 0.25) is 0 Å². The van der Waals surface area contributed by atoms with Crippen molar-refractivity contribution in [1.82, 2.24) is 10.2 Å². The van der Waals surface area contributed by atoms with Crippen LogP contribution in [-0.4, -0.2) is 26.8 Å². The number of nitro benzene ring substituents is 1. The zero-order valence-corrected chi connectivity index (χ0v) is 18.9. The van der Waals surface area contributed by atoms with E-state index in [-0.39, 0.29) is 11.4 Å². The first-order valence-corrected chi connectivity index (χ1v) is 11.6. The summed E-state index contributed by atoms with van der Waals surface area (Å²) in [5.41, 5.74) is 0.201. The van der Waals surface area contributed by atoms with Crippen molar-refractivity contribution >= 4 is 51.2 Å². The standard InChI is InChI=1S/C22H16FN5O4S2/c23-14-6-11-18(19(12-14)28(30)31)25-20(29)13-33-22-27-26-21(34-22)24-15-7-9-17(10-8-15)32-16-4-2-1-3-5-16/h1-12H,13H2,(H,24,26)(H,25,29). The highest BCUT2D eigenvalue weighted by Gasteiger charge is 2.17. The minimum atomic E-state index is -0.758. The number of amides is 1. The number of nitrogens with zero attached hydrogens (tertiary/aromatic N) is 3. The van der Waals surface area contributed by atoms with Crippen molar-refractivity contribution < 1.29 is 18.8 Å². The number of aromatic nitrogens is 2. The predicted molar refractivity (Wildman–Crippen MR) is 129 cm³/mol. The van der Waals surface area contributed by atoms with Gasteiger partial charge in [-0.05, 0) is 48.5 Å². The van der Waals surface area contributed by atoms with Crippen molar-refractivity contribution in [2.75, 3.05) is 16.4 Å². The van der Waals surface area contributed by atoms with Crippen LogP contribution >= 0.6 is 23.1 Å². The second kappa shape index (κ2) is 10.7. The fourth-order valence-corrected chi connectivity index (χ4v) is 4.32. The molecule has 1 aromatic heterocycles. The number of carbonyl (C=O) groups is 1. The fourth-order valence-electron chi connectivity index (χ4n) is 2.75. The molecule has 1 heterocycles. The third kappa shape index (κ3) is 6.27. The lowest BCUT2D eigenvalue weighted by molar-refractivity contribution is -0.384. The number of carbonyl (C=O) groups excluding carboxylic acids is 1. The van der Waals surface area contributed by atoms with Crippen molar-refractivity contribution in [2.24, 2.45) is 0 Å². The highest BCUT2D eigenvalue weighted by molar-refractivity contribution is 8.01. The van der Waals surface area contributed by atoms with E-state index in [1.165, 1.54) is 11.3 Å². The summed E-state index contributed by atoms with van der Waals surface area (Å²) in [6.45, 7) is 0. The molecule has 9 nitrogen and oxygen atoms in total. The first kappa shape index (κ1) is 23.1. The Labute approximate surface area is 201 Å². The molecular weight excluding hydrogens is 481 g/mol. The van der Waals surface area contributed by atoms with E-state index < -0.39 is 22.3 Å². The van der Waals surface area contributed by atoms with Crippen molar-refractivity contribution in [3.05, 3.63) is 88.7 Å². The molecule has 34 heavy (non-hydrogen) atoms. The molecule has 1 amide bonds. The van der Waals surface area contributed by atoms with E-state index in [1.807, 2.05) is 54.6 Å². The highest BCUT2D eigenvalue weighted by atomic mass is 32.2. The molecule has 0 fully saturated rings. The van der Waals surface area contributed by atoms with Crippen LogP contribution in [-0.2, 0) is 4.79 Å². The summed E-state index contributed by atoms with van der Waals surface area (Å²) >= 11 is 2.38. The van der Waals surface area contributed by atoms with Crippen LogP contribution in [0.4, 0.5) is 26.6 Å². The van der Waals surface area contributed by atoms with Gasteiger partial charge in [0, 0.05) is 5.69 Å². The number of anilines is 3. The Bertz CT molecular complexity index is 1300. The lowest BCUT2D eigenvalue weighted by atomic mass is 10.2. The summed E-state index contributed by atoms with van der Waals surface area (Å²) in [5.74, 6) is 0.142. The summed E-state index contributed by atoms with van der Waals surface area (Å²) < 4.78 is 19.5. The Morgan fingerprint density at radius 1 is 1.06 bits per heavy atom. The van der Waals surface area contributed by atoms with Gasteiger partial charge in [-0.2, -0.15) is 0 Å². The van der Waals surface area contributed by atoms with Crippen LogP contribution < -0.4 is 15.4 Å². The van der Waals surface area contributed by atoms with Gasteiger partial charge in [-0.15, -0.1) is 10.2 Å². The second-order valence-corrected chi connectivity index (χ2v) is 8.89. The van der Waals surface area contributed by atoms with E-state index in [0.29, 0.717) is 15.2 Å². The molecule has 4 rings (SSSR count). The van der Waals surface area contributed by atoms with Gasteiger partial charge >= 0.3 is 0 Å². The minimum absolute atomic E-state index is 0.0469. The molecule has 0 atom stereocenters. The van der Waals surface area contributed by atoms with Gasteiger partial charge in [0.05, 0.1) is 16.7 Å². The SMILES string of the molecule is O=C(CSc1nnc(Nc2ccc(Oc3ccccc3)cc2)s1)Nc1ccc(F)cc1[N+](=O)[O-]. The summed E-state index contributed by atoms with van der Waals surface area (Å²) in [6, 6.07) is 19.7. The monoisotopic (exact) mass is 497 g/mol. The van der Waals surface area contributed by atoms with Crippen molar-refractivity contribution in [1.29, 1.82) is 0 Å². The molecule has 0 aliphatic carbocycles. The largest absolute Gasteiger partial charge is 0.457 e. The van der Waals surface area contributed by atoms with Crippen LogP contribution in [0, 0.1) is 15.9 Å². The number of halogens is 1. The van der Waals surface area contributed by atoms with E-state index in [0.717, 1.165) is 41.4 Å². The zero-order chi connectivity index (χ0) is 23.9. The summed E-state index contributed by atoms with van der Waals surface area (Å²) in [6.07, 6.45) is 0. The topological polar surface area (TPSA) is 119 Å². The average molecular weight is 498 g/mol. The van der Waals surface area contributed by atoms with Gasteiger partial charge in [0.2, 0.25) is 11.0 Å². The lowest BCUT2D eigenvalue weighted by Gasteiger charge is -2.07. The molecular formula is C22H16FN5O4S2. The molecule has 0 aliphatic heterocycles. The number of nitrogens with one attached hydrogen (secondary N) is 2. The molecule has 4 aromatic rings. The Morgan fingerprint density at radius 3 is 2.53 bits per heavy atom. The van der Waals surface area contributed by atoms with Crippen LogP contribution in [0.25, 0.3) is 0 Å². The lowest BCUT2D eigenvalue weighted by Crippen LogP contribution is -2.15. The van der Waals surface area contributed by atoms with Crippen molar-refractivity contribution in [3.8, 4) is 11.5 Å². The van der Waals surface area contributed by atoms with Gasteiger partial charge in [-0.25, -0.2) is 4.39 Å². The second-order valence-electron chi connectivity index (χ2n) is 6.69. The van der Waals surface area contributed by atoms with E-state index in [4.69, 9.17) is 4.74 Å². The van der Waals surface area contributed by atoms with E-state index in [1.54, 1.807) is 0 Å². The summed E-state index contributed by atoms with van der Waals surface area (Å²) in [5, 5.41) is 25.2. The molecule has 3 aromatic carbocycles. The first-order chi connectivity index (χ1) is 16.5. The van der Waals surface area contributed by atoms with Crippen LogP contribution in [0.3, 0.4) is 0 Å². The molecule has 0 spiro atoms. The van der Waals surface area contributed by atoms with Gasteiger partial charge in [0.1, 0.15) is 23.0 Å². The molecule has 0 saturated carbocycles. The number of hydrogen-bond acceptors (Lipinski definition) is 9. The number of hydrogen-bond donors (Lipinski definition) is 2. The predicted octanol–water partition coefficient (Wildman–Crippen LogP) is 5.85. The van der Waals surface area contributed by atoms with Crippen molar-refractivity contribution in [3.63, 3.8) is 0 Å². The molecule has 0 saturated heterocycles. The Hall–Kier alpha value is -4.03. The van der Waals surface area contributed by atoms with Gasteiger partial charge in [0.25, 0.3) is 5.69 Å². The molecule has 0 aliphatic rings. The minimum Gasteiger partial charge on any atom is -0.457 e. The molecule has 0 radical (unpaired) electrons. The third-order valence-electron chi connectivity index (χ3n) is 4.25. The quantitative estimate of drug-likeness (QED) is 0.168. The van der Waals surface area contributed by atoms with Crippen LogP contribution in [0.5, 0.6) is 11.5 Å². The smallest absolute Gasteiger partial charge is 0.295 e. The van der Waals surface area contributed by atoms with E-state index in [2.05, 4.69) is 20.8 Å². The molecule has 172 valence electrons. The average Bonchev–Trinajstić information content (AvgIpc) is 3.28. The fraction of sp³-hybridized carbons (Fsp3) is 0.0455. The Morgan fingerprint density at radius 2 is 1.79 bits per heavy atom. The molecule has 0 unspecified atom stereocenters. The zero-order valence-electron chi connectivity index (χ0n) is 17.3. The van der Waals surface area contributed by atoms with Gasteiger partial charge in [0.15, 0.2) is 4.34 Å². The van der Waals surface area contributed by atoms with Gasteiger partial charge < -0.3 is 15.4 Å². The number of ether oxygens (including phenoxy) is 1. The maximum absolute atomic E-state index is 13.2. The maximum Gasteiger partial charge on any atom is 0.295 e. The maximum atomic E-state index is 13.2. The first-order valence-electron chi connectivity index (χ1n) is 9.76. The summed E-state index contributed by atoms with van der Waals surface area (Å²) in [4.78, 5) is 22.5. The summed E-state index contributed by atoms with van der Waals surface area (Å²) in [7, 11) is 0. The number of para-hydroxylation sites is 1. The highest BCUT2D eigenvalue weighted by Crippen LogP contribution is 2.30. The molecule has 12 heteroatoms. The number of nitro groups is 1. The van der Waals surface area contributed by atoms with Gasteiger partial charge in [-0.3, -0.25) is 14.9 Å². The third-order valence-corrected chi connectivity index (χ3v) is 6.22. The van der Waals surface area contributed by atoms with Gasteiger partial charge in [-0.1, -0.05) is 41.3 Å². The Balaban J connectivity index is 1.29. The number of thioether (sulfide) groups is 1. The Kier molecular flexibility index (Phi) is 7.30. The van der Waals surface area contributed by atoms with Crippen LogP contribution in [0.15, 0.2) is 77.1 Å². The normalized spacial score (nSPS) is 10.5. The number of benzene rings is 3. The van der Waals surface area contributed by atoms with Crippen LogP contribution in [0.1, 0.15) is 0 Å². The van der Waals surface area contributed by atoms with E-state index in [9.17, 15) is 19.3 Å². The molecule has 2 N–H and O–H groups in total.